The molecule has 0 bridgehead atoms. The summed E-state index contributed by atoms with van der Waals surface area (Å²) in [5.41, 5.74) is 4.10. The Morgan fingerprint density at radius 1 is 1.17 bits per heavy atom. The van der Waals surface area contributed by atoms with E-state index in [-0.39, 0.29) is 5.78 Å². The molecule has 0 spiro atoms. The maximum atomic E-state index is 11.7. The number of allylic oxidation sites excluding steroid dienone is 1. The van der Waals surface area contributed by atoms with Crippen LogP contribution < -0.4 is 4.74 Å². The summed E-state index contributed by atoms with van der Waals surface area (Å²) in [4.78, 5) is 15.1. The molecule has 23 heavy (non-hydrogen) atoms. The predicted molar refractivity (Wildman–Crippen MR) is 94.6 cm³/mol. The fourth-order valence-electron chi connectivity index (χ4n) is 2.64. The monoisotopic (exact) mass is 305 g/mol. The topological polar surface area (TPSA) is 42.1 Å². The number of H-pyrrole nitrogens is 1. The number of carbonyl (C=O) groups is 1. The van der Waals surface area contributed by atoms with Crippen LogP contribution in [0.1, 0.15) is 18.9 Å². The number of carbonyl (C=O) groups excluding carboxylic acids is 1. The summed E-state index contributed by atoms with van der Waals surface area (Å²) in [6, 6.07) is 16.0. The van der Waals surface area contributed by atoms with Crippen LogP contribution in [0.4, 0.5) is 0 Å². The first-order valence-electron chi connectivity index (χ1n) is 7.69. The predicted octanol–water partition coefficient (Wildman–Crippen LogP) is 4.84. The molecular formula is C20H19NO2. The number of ketones is 1. The molecule has 3 heteroatoms. The molecule has 1 heterocycles. The molecule has 0 atom stereocenters. The number of ether oxygens (including phenoxy) is 1. The maximum Gasteiger partial charge on any atom is 0.155 e. The molecule has 1 N–H and O–H groups in total. The first kappa shape index (κ1) is 15.1. The van der Waals surface area contributed by atoms with Crippen molar-refractivity contribution in [1.82, 2.24) is 4.98 Å². The molecule has 0 saturated carbocycles. The Hall–Kier alpha value is -2.81. The Balaban J connectivity index is 2.18. The Bertz CT molecular complexity index is 874. The zero-order valence-corrected chi connectivity index (χ0v) is 13.3. The molecule has 3 aromatic rings. The van der Waals surface area contributed by atoms with Crippen molar-refractivity contribution in [2.45, 2.75) is 13.3 Å². The minimum atomic E-state index is 0.117. The third kappa shape index (κ3) is 3.04. The number of hydrogen-bond acceptors (Lipinski definition) is 2. The smallest absolute Gasteiger partial charge is 0.155 e. The zero-order chi connectivity index (χ0) is 16.2. The first-order chi connectivity index (χ1) is 11.2. The molecule has 3 nitrogen and oxygen atoms in total. The number of fused-ring (bicyclic) bond motifs is 1. The molecular weight excluding hydrogens is 286 g/mol. The Morgan fingerprint density at radius 2 is 2.00 bits per heavy atom. The highest BCUT2D eigenvalue weighted by Gasteiger charge is 2.11. The van der Waals surface area contributed by atoms with Gasteiger partial charge in [-0.1, -0.05) is 37.3 Å². The number of rotatable bonds is 5. The molecule has 0 fully saturated rings. The summed E-state index contributed by atoms with van der Waals surface area (Å²) >= 11 is 0. The normalized spacial score (nSPS) is 11.2. The highest BCUT2D eigenvalue weighted by molar-refractivity contribution is 6.01. The number of hydrogen-bond donors (Lipinski definition) is 1. The van der Waals surface area contributed by atoms with Gasteiger partial charge in [-0.3, -0.25) is 4.79 Å². The zero-order valence-electron chi connectivity index (χ0n) is 13.3. The standard InChI is InChI=1S/C20H19NO2/c1-3-15(22)11-12-18-17-9-4-5-10-19(17)21-20(18)14-7-6-8-16(13-14)23-2/h4-13,21H,3H2,1-2H3/b12-11+. The average molecular weight is 305 g/mol. The van der Waals surface area contributed by atoms with Crippen LogP contribution in [-0.4, -0.2) is 17.9 Å². The second kappa shape index (κ2) is 6.53. The summed E-state index contributed by atoms with van der Waals surface area (Å²) < 4.78 is 5.32. The Kier molecular flexibility index (Phi) is 4.29. The van der Waals surface area contributed by atoms with Gasteiger partial charge in [-0.2, -0.15) is 0 Å². The van der Waals surface area contributed by atoms with Crippen LogP contribution in [0.2, 0.25) is 0 Å². The van der Waals surface area contributed by atoms with Crippen LogP contribution in [0, 0.1) is 0 Å². The number of aromatic nitrogens is 1. The van der Waals surface area contributed by atoms with Crippen molar-refractivity contribution in [2.24, 2.45) is 0 Å². The summed E-state index contributed by atoms with van der Waals surface area (Å²) in [7, 11) is 1.66. The van der Waals surface area contributed by atoms with Crippen molar-refractivity contribution < 1.29 is 9.53 Å². The molecule has 0 saturated heterocycles. The van der Waals surface area contributed by atoms with Gasteiger partial charge in [-0.25, -0.2) is 0 Å². The fraction of sp³-hybridized carbons (Fsp3) is 0.150. The molecule has 0 aliphatic rings. The highest BCUT2D eigenvalue weighted by Crippen LogP contribution is 2.32. The van der Waals surface area contributed by atoms with E-state index in [1.54, 1.807) is 13.2 Å². The lowest BCUT2D eigenvalue weighted by atomic mass is 10.0. The van der Waals surface area contributed by atoms with E-state index in [2.05, 4.69) is 11.1 Å². The van der Waals surface area contributed by atoms with Crippen LogP contribution >= 0.6 is 0 Å². The van der Waals surface area contributed by atoms with E-state index >= 15 is 0 Å². The van der Waals surface area contributed by atoms with Crippen molar-refractivity contribution in [1.29, 1.82) is 0 Å². The largest absolute Gasteiger partial charge is 0.497 e. The van der Waals surface area contributed by atoms with Gasteiger partial charge in [0.05, 0.1) is 12.8 Å². The lowest BCUT2D eigenvalue weighted by Gasteiger charge is -2.04. The number of benzene rings is 2. The van der Waals surface area contributed by atoms with Gasteiger partial charge in [0.25, 0.3) is 0 Å². The summed E-state index contributed by atoms with van der Waals surface area (Å²) in [5.74, 6) is 0.924. The molecule has 1 aromatic heterocycles. The van der Waals surface area contributed by atoms with Gasteiger partial charge in [0.15, 0.2) is 5.78 Å². The van der Waals surface area contributed by atoms with Crippen LogP contribution in [0.15, 0.2) is 54.6 Å². The number of para-hydroxylation sites is 1. The Labute approximate surface area is 135 Å². The second-order valence-corrected chi connectivity index (χ2v) is 5.34. The van der Waals surface area contributed by atoms with Crippen LogP contribution in [0.5, 0.6) is 5.75 Å². The minimum Gasteiger partial charge on any atom is -0.497 e. The molecule has 3 rings (SSSR count). The quantitative estimate of drug-likeness (QED) is 0.686. The number of aromatic amines is 1. The summed E-state index contributed by atoms with van der Waals surface area (Å²) in [5, 5.41) is 1.10. The van der Waals surface area contributed by atoms with E-state index in [0.717, 1.165) is 33.5 Å². The van der Waals surface area contributed by atoms with Gasteiger partial charge in [-0.15, -0.1) is 0 Å². The van der Waals surface area contributed by atoms with E-state index in [0.29, 0.717) is 6.42 Å². The van der Waals surface area contributed by atoms with E-state index in [9.17, 15) is 4.79 Å². The fourth-order valence-corrected chi connectivity index (χ4v) is 2.64. The molecule has 116 valence electrons. The van der Waals surface area contributed by atoms with Crippen molar-refractivity contribution in [3.63, 3.8) is 0 Å². The number of methoxy groups -OCH3 is 1. The van der Waals surface area contributed by atoms with Crippen LogP contribution in [-0.2, 0) is 4.79 Å². The van der Waals surface area contributed by atoms with Crippen molar-refractivity contribution in [3.05, 3.63) is 60.2 Å². The molecule has 0 amide bonds. The highest BCUT2D eigenvalue weighted by atomic mass is 16.5. The van der Waals surface area contributed by atoms with E-state index in [1.165, 1.54) is 0 Å². The molecule has 2 aromatic carbocycles. The average Bonchev–Trinajstić information content (AvgIpc) is 2.98. The molecule has 0 aliphatic carbocycles. The molecule has 0 aliphatic heterocycles. The third-order valence-corrected chi connectivity index (χ3v) is 3.89. The summed E-state index contributed by atoms with van der Waals surface area (Å²) in [6.45, 7) is 1.87. The summed E-state index contributed by atoms with van der Waals surface area (Å²) in [6.07, 6.45) is 4.06. The van der Waals surface area contributed by atoms with E-state index in [4.69, 9.17) is 4.74 Å². The van der Waals surface area contributed by atoms with Crippen molar-refractivity contribution >= 4 is 22.8 Å². The first-order valence-corrected chi connectivity index (χ1v) is 7.69. The number of nitrogens with one attached hydrogen (secondary N) is 1. The molecule has 0 unspecified atom stereocenters. The molecule has 0 radical (unpaired) electrons. The Morgan fingerprint density at radius 3 is 2.78 bits per heavy atom. The van der Waals surface area contributed by atoms with Crippen LogP contribution in [0.25, 0.3) is 28.2 Å². The lowest BCUT2D eigenvalue weighted by molar-refractivity contribution is -0.114. The maximum absolute atomic E-state index is 11.7. The van der Waals surface area contributed by atoms with E-state index < -0.39 is 0 Å². The van der Waals surface area contributed by atoms with Gasteiger partial charge in [0.2, 0.25) is 0 Å². The second-order valence-electron chi connectivity index (χ2n) is 5.34. The lowest BCUT2D eigenvalue weighted by Crippen LogP contribution is -1.88. The van der Waals surface area contributed by atoms with Crippen molar-refractivity contribution in [2.75, 3.05) is 7.11 Å². The minimum absolute atomic E-state index is 0.117. The SMILES string of the molecule is CCC(=O)/C=C/c1c(-c2cccc(OC)c2)[nH]c2ccccc12. The van der Waals surface area contributed by atoms with Gasteiger partial charge in [0, 0.05) is 28.5 Å². The van der Waals surface area contributed by atoms with Crippen molar-refractivity contribution in [3.8, 4) is 17.0 Å². The van der Waals surface area contributed by atoms with Gasteiger partial charge >= 0.3 is 0 Å². The van der Waals surface area contributed by atoms with Gasteiger partial charge in [0.1, 0.15) is 5.75 Å². The van der Waals surface area contributed by atoms with Gasteiger partial charge < -0.3 is 9.72 Å². The van der Waals surface area contributed by atoms with Crippen LogP contribution in [0.3, 0.4) is 0 Å². The van der Waals surface area contributed by atoms with E-state index in [1.807, 2.05) is 55.5 Å². The third-order valence-electron chi connectivity index (χ3n) is 3.89. The van der Waals surface area contributed by atoms with Gasteiger partial charge in [-0.05, 0) is 30.4 Å².